The second-order valence-electron chi connectivity index (χ2n) is 10.9. The minimum absolute atomic E-state index is 0.00340. The van der Waals surface area contributed by atoms with Crippen LogP contribution in [0.15, 0.2) is 42.6 Å². The number of pyridine rings is 1. The molecule has 1 aliphatic rings. The molecule has 0 saturated carbocycles. The number of alkyl halides is 3. The molecule has 2 aromatic heterocycles. The Morgan fingerprint density at radius 2 is 1.82 bits per heavy atom. The van der Waals surface area contributed by atoms with Crippen LogP contribution in [0.5, 0.6) is 0 Å². The molecule has 15 heteroatoms. The highest BCUT2D eigenvalue weighted by molar-refractivity contribution is 7.19. The van der Waals surface area contributed by atoms with Gasteiger partial charge in [0.1, 0.15) is 11.5 Å². The van der Waals surface area contributed by atoms with E-state index in [2.05, 4.69) is 25.3 Å². The second kappa shape index (κ2) is 12.6. The summed E-state index contributed by atoms with van der Waals surface area (Å²) in [5.41, 5.74) is 5.15. The zero-order valence-corrected chi connectivity index (χ0v) is 25.1. The first-order chi connectivity index (χ1) is 20.6. The Balaban J connectivity index is 1.43. The number of urea groups is 1. The van der Waals surface area contributed by atoms with E-state index in [0.717, 1.165) is 25.2 Å². The van der Waals surface area contributed by atoms with Crippen molar-refractivity contribution in [2.75, 3.05) is 19.0 Å². The Morgan fingerprint density at radius 1 is 1.14 bits per heavy atom. The Labute approximate surface area is 255 Å². The first-order valence-corrected chi connectivity index (χ1v) is 14.3. The summed E-state index contributed by atoms with van der Waals surface area (Å²) >= 11 is 1.06. The molecule has 0 spiro atoms. The van der Waals surface area contributed by atoms with E-state index in [1.807, 2.05) is 0 Å². The molecule has 4 rings (SSSR count). The number of rotatable bonds is 8. The van der Waals surface area contributed by atoms with Gasteiger partial charge in [0.05, 0.1) is 35.4 Å². The molecule has 3 heterocycles. The van der Waals surface area contributed by atoms with Crippen molar-refractivity contribution in [3.05, 3.63) is 65.1 Å². The lowest BCUT2D eigenvalue weighted by molar-refractivity contribution is -0.181. The minimum Gasteiger partial charge on any atom is -0.465 e. The van der Waals surface area contributed by atoms with Crippen molar-refractivity contribution >= 4 is 40.3 Å². The molecule has 44 heavy (non-hydrogen) atoms. The number of anilines is 1. The van der Waals surface area contributed by atoms with E-state index in [4.69, 9.17) is 5.73 Å². The lowest BCUT2D eigenvalue weighted by atomic mass is 9.87. The molecule has 2 atom stereocenters. The van der Waals surface area contributed by atoms with Crippen LogP contribution in [0.1, 0.15) is 47.6 Å². The molecule has 11 nitrogen and oxygen atoms in total. The number of benzene rings is 1. The lowest BCUT2D eigenvalue weighted by Crippen LogP contribution is -2.46. The topological polar surface area (TPSA) is 157 Å². The quantitative estimate of drug-likeness (QED) is 0.318. The monoisotopic (exact) mass is 632 g/mol. The molecule has 4 amide bonds. The number of amides is 4. The number of methoxy groups -OCH3 is 1. The number of nitrogens with one attached hydrogen (secondary N) is 2. The van der Waals surface area contributed by atoms with Crippen molar-refractivity contribution in [3.63, 3.8) is 0 Å². The number of ether oxygens (including phenoxy) is 1. The number of esters is 1. The maximum atomic E-state index is 13.6. The molecule has 0 radical (unpaired) electrons. The largest absolute Gasteiger partial charge is 0.465 e. The summed E-state index contributed by atoms with van der Waals surface area (Å²) in [5.74, 6) is -1.59. The molecule has 0 aliphatic carbocycles. The predicted octanol–water partition coefficient (Wildman–Crippen LogP) is 3.96. The summed E-state index contributed by atoms with van der Waals surface area (Å²) in [5, 5.41) is 5.62. The lowest BCUT2D eigenvalue weighted by Gasteiger charge is -2.27. The van der Waals surface area contributed by atoms with Gasteiger partial charge in [-0.3, -0.25) is 19.9 Å². The first-order valence-electron chi connectivity index (χ1n) is 13.4. The van der Waals surface area contributed by atoms with Crippen LogP contribution in [0, 0.1) is 6.92 Å². The maximum Gasteiger partial charge on any atom is 0.399 e. The van der Waals surface area contributed by atoms with Crippen LogP contribution in [-0.2, 0) is 26.2 Å². The summed E-state index contributed by atoms with van der Waals surface area (Å²) in [7, 11) is 1.27. The molecule has 0 unspecified atom stereocenters. The summed E-state index contributed by atoms with van der Waals surface area (Å²) in [6.07, 6.45) is -3.11. The molecule has 1 saturated heterocycles. The number of nitrogens with two attached hydrogens (primary N) is 1. The van der Waals surface area contributed by atoms with E-state index in [1.165, 1.54) is 24.3 Å². The number of primary amides is 1. The molecule has 234 valence electrons. The average molecular weight is 633 g/mol. The number of nitrogens with zero attached hydrogens (tertiary/aromatic N) is 3. The van der Waals surface area contributed by atoms with Gasteiger partial charge in [-0.05, 0) is 62.6 Å². The van der Waals surface area contributed by atoms with Crippen LogP contribution in [0.3, 0.4) is 0 Å². The molecule has 3 aromatic rings. The number of halogens is 3. The summed E-state index contributed by atoms with van der Waals surface area (Å²) in [6, 6.07) is 7.04. The van der Waals surface area contributed by atoms with Crippen LogP contribution >= 0.6 is 11.3 Å². The van der Waals surface area contributed by atoms with Gasteiger partial charge in [0.2, 0.25) is 11.8 Å². The number of aryl methyl sites for hydroxylation is 1. The van der Waals surface area contributed by atoms with Gasteiger partial charge in [0.25, 0.3) is 0 Å². The fourth-order valence-electron chi connectivity index (χ4n) is 4.72. The average Bonchev–Trinajstić information content (AvgIpc) is 3.55. The maximum absolute atomic E-state index is 13.6. The van der Waals surface area contributed by atoms with Gasteiger partial charge in [0, 0.05) is 18.8 Å². The Hall–Kier alpha value is -4.53. The Bertz CT molecular complexity index is 1570. The molecule has 1 fully saturated rings. The first kappa shape index (κ1) is 32.4. The highest BCUT2D eigenvalue weighted by Crippen LogP contribution is 2.41. The highest BCUT2D eigenvalue weighted by Gasteiger charge is 2.49. The van der Waals surface area contributed by atoms with Crippen LogP contribution in [0.25, 0.3) is 10.4 Å². The van der Waals surface area contributed by atoms with Gasteiger partial charge in [0.15, 0.2) is 5.13 Å². The van der Waals surface area contributed by atoms with Crippen LogP contribution in [0.4, 0.5) is 23.1 Å². The van der Waals surface area contributed by atoms with Crippen molar-refractivity contribution in [1.29, 1.82) is 0 Å². The van der Waals surface area contributed by atoms with E-state index in [1.54, 1.807) is 37.3 Å². The predicted molar refractivity (Wildman–Crippen MR) is 156 cm³/mol. The summed E-state index contributed by atoms with van der Waals surface area (Å²) in [4.78, 5) is 59.7. The van der Waals surface area contributed by atoms with E-state index in [-0.39, 0.29) is 36.1 Å². The fourth-order valence-corrected chi connectivity index (χ4v) is 5.67. The molecular formula is C29H31F3N6O5S. The highest BCUT2D eigenvalue weighted by atomic mass is 32.1. The van der Waals surface area contributed by atoms with E-state index >= 15 is 0 Å². The smallest absolute Gasteiger partial charge is 0.399 e. The Kier molecular flexibility index (Phi) is 9.27. The zero-order valence-electron chi connectivity index (χ0n) is 24.3. The van der Waals surface area contributed by atoms with Gasteiger partial charge >= 0.3 is 18.2 Å². The van der Waals surface area contributed by atoms with Gasteiger partial charge in [-0.25, -0.2) is 14.6 Å². The number of aromatic nitrogens is 2. The summed E-state index contributed by atoms with van der Waals surface area (Å²) in [6.45, 7) is 3.76. The number of hydrogen-bond acceptors (Lipinski definition) is 8. The molecule has 4 N–H and O–H groups in total. The number of likely N-dealkylation sites (tertiary alicyclic amines) is 1. The van der Waals surface area contributed by atoms with Gasteiger partial charge in [-0.2, -0.15) is 13.2 Å². The third-order valence-corrected chi connectivity index (χ3v) is 8.50. The number of carbonyl (C=O) groups is 4. The fraction of sp³-hybridized carbons (Fsp3) is 0.379. The number of carbonyl (C=O) groups excluding carboxylic acids is 4. The van der Waals surface area contributed by atoms with Crippen molar-refractivity contribution < 1.29 is 37.1 Å². The van der Waals surface area contributed by atoms with Crippen molar-refractivity contribution in [2.45, 2.75) is 57.3 Å². The molecule has 1 aliphatic heterocycles. The van der Waals surface area contributed by atoms with Crippen molar-refractivity contribution in [2.24, 2.45) is 5.73 Å². The second-order valence-corrected chi connectivity index (χ2v) is 11.9. The molecule has 0 bridgehead atoms. The van der Waals surface area contributed by atoms with Crippen molar-refractivity contribution in [3.8, 4) is 10.4 Å². The van der Waals surface area contributed by atoms with E-state index < -0.39 is 41.6 Å². The minimum atomic E-state index is -4.51. The van der Waals surface area contributed by atoms with Crippen molar-refractivity contribution in [1.82, 2.24) is 20.2 Å². The molecular weight excluding hydrogens is 601 g/mol. The van der Waals surface area contributed by atoms with Gasteiger partial charge in [-0.15, -0.1) is 0 Å². The number of hydrogen-bond donors (Lipinski definition) is 3. The van der Waals surface area contributed by atoms with Crippen LogP contribution in [0.2, 0.25) is 0 Å². The SMILES string of the molecule is COC(=O)c1ccc(CC(=O)N[C@@H]2C[C@@H](C(N)=O)N(C(=O)Nc3nc(C)c(-c4ccnc(C(C)(C)C(F)(F)F)c4)s3)C2)cc1. The standard InChI is InChI=1S/C29H31F3N6O5S/c1-15-23(18-9-10-34-21(12-18)28(2,3)29(30,31)32)44-26(35-15)37-27(42)38-14-19(13-20(38)24(33)40)36-22(39)11-16-5-7-17(8-6-16)25(41)43-4/h5-10,12,19-20H,11,13-14H2,1-4H3,(H2,33,40)(H,36,39)(H,35,37,42)/t19-,20+/m1/s1. The zero-order chi connectivity index (χ0) is 32.4. The third-order valence-electron chi connectivity index (χ3n) is 7.38. The summed E-state index contributed by atoms with van der Waals surface area (Å²) < 4.78 is 45.4. The number of thiazole rings is 1. The van der Waals surface area contributed by atoms with Crippen LogP contribution < -0.4 is 16.4 Å². The molecule has 1 aromatic carbocycles. The van der Waals surface area contributed by atoms with Crippen LogP contribution in [-0.4, -0.2) is 70.6 Å². The normalized spacial score (nSPS) is 16.8. The van der Waals surface area contributed by atoms with E-state index in [0.29, 0.717) is 27.3 Å². The Morgan fingerprint density at radius 3 is 2.43 bits per heavy atom. The third kappa shape index (κ3) is 6.98. The van der Waals surface area contributed by atoms with Gasteiger partial charge < -0.3 is 20.7 Å². The van der Waals surface area contributed by atoms with Gasteiger partial charge in [-0.1, -0.05) is 23.5 Å². The van der Waals surface area contributed by atoms with E-state index in [9.17, 15) is 32.3 Å².